The third kappa shape index (κ3) is 5.58. The molecular weight excluding hydrogens is 576 g/mol. The number of H-pyrrole nitrogens is 2. The lowest BCUT2D eigenvalue weighted by molar-refractivity contribution is -0.137. The number of aliphatic imine (C=N–C) groups is 1. The second kappa shape index (κ2) is 12.2. The van der Waals surface area contributed by atoms with Gasteiger partial charge in [0, 0.05) is 57.5 Å². The van der Waals surface area contributed by atoms with E-state index in [4.69, 9.17) is 4.99 Å². The van der Waals surface area contributed by atoms with Gasteiger partial charge in [-0.1, -0.05) is 26.5 Å². The van der Waals surface area contributed by atoms with E-state index in [1.54, 1.807) is 13.0 Å². The van der Waals surface area contributed by atoms with Crippen molar-refractivity contribution in [2.45, 2.75) is 59.4 Å². The average Bonchev–Trinajstić information content (AvgIpc) is 3.67. The molecule has 0 radical (unpaired) electrons. The molecule has 11 nitrogen and oxygen atoms in total. The molecule has 0 spiro atoms. The number of hydrogen-bond donors (Lipinski definition) is 6. The third-order valence-electron chi connectivity index (χ3n) is 9.52. The maximum atomic E-state index is 12.7. The molecule has 1 fully saturated rings. The lowest BCUT2D eigenvalue weighted by Crippen LogP contribution is -2.29. The number of carboxylic acids is 3. The van der Waals surface area contributed by atoms with Gasteiger partial charge < -0.3 is 35.4 Å². The normalized spacial score (nSPS) is 28.0. The molecule has 236 valence electrons. The van der Waals surface area contributed by atoms with Gasteiger partial charge in [0.25, 0.3) is 0 Å². The number of rotatable bonds is 9. The van der Waals surface area contributed by atoms with Crippen LogP contribution < -0.4 is 16.0 Å². The van der Waals surface area contributed by atoms with Crippen molar-refractivity contribution in [3.05, 3.63) is 62.3 Å². The van der Waals surface area contributed by atoms with Crippen LogP contribution in [0, 0.1) is 37.5 Å². The summed E-state index contributed by atoms with van der Waals surface area (Å²) in [5.74, 6) is -4.73. The number of fused-ring (bicyclic) bond motifs is 7. The predicted octanol–water partition coefficient (Wildman–Crippen LogP) is 3.49. The molecule has 5 atom stereocenters. The van der Waals surface area contributed by atoms with E-state index in [0.29, 0.717) is 28.7 Å². The average molecular weight is 615 g/mol. The summed E-state index contributed by atoms with van der Waals surface area (Å²) in [6.07, 6.45) is 8.51. The standard InChI is InChI=1S/C34H38N4O7/c1-6-18-15(3)23-11-24-16(4)20(8-9-29(40)41)32(37-24)21(10-30(42)43)33-31(34(44)45)17(5)25(38-33)12-27-19(7-2)22(14-39)28(36-27)13-26(18)35-23/h6,11-14,16,19-20,22,27,35-36,38H,1,7-10H2,2-5H3,(H,40,41)(H,42,43)(H,44,45)/b24-11-,25-12-,28-13-,33-21-. The number of allylic oxidation sites excluding steroid dienone is 2. The molecular formula is C34H38N4O7. The number of aromatic nitrogens is 2. The Bertz CT molecular complexity index is 1840. The Kier molecular flexibility index (Phi) is 8.55. The fraction of sp³-hybridized carbons (Fsp3) is 0.382. The minimum absolute atomic E-state index is 0.0691. The van der Waals surface area contributed by atoms with Crippen LogP contribution in [0.2, 0.25) is 0 Å². The second-order valence-corrected chi connectivity index (χ2v) is 12.0. The highest BCUT2D eigenvalue weighted by Gasteiger charge is 2.39. The Morgan fingerprint density at radius 1 is 1.04 bits per heavy atom. The van der Waals surface area contributed by atoms with E-state index in [0.717, 1.165) is 34.5 Å². The number of carbonyl (C=O) groups is 4. The molecule has 8 bridgehead atoms. The zero-order valence-electron chi connectivity index (χ0n) is 25.7. The number of aldehydes is 1. The van der Waals surface area contributed by atoms with Crippen LogP contribution in [0.25, 0.3) is 29.9 Å². The van der Waals surface area contributed by atoms with Crippen molar-refractivity contribution in [1.82, 2.24) is 15.3 Å². The number of carbonyl (C=O) groups excluding carboxylic acids is 1. The first-order valence-electron chi connectivity index (χ1n) is 15.1. The highest BCUT2D eigenvalue weighted by Crippen LogP contribution is 2.39. The van der Waals surface area contributed by atoms with Crippen molar-refractivity contribution >= 4 is 59.8 Å². The van der Waals surface area contributed by atoms with E-state index < -0.39 is 36.2 Å². The molecule has 0 amide bonds. The Balaban J connectivity index is 1.92. The SMILES string of the molecule is C=Cc1c2[nH]c(c1C)/C=C1N=C(/C(CC(=O)O)=c3\[nH]/c(c(C)c3C(=O)O)=C\C3N/C(=C\2)C(C=O)C3CC)C(CCC(=O)O)C\1C. The minimum Gasteiger partial charge on any atom is -0.481 e. The summed E-state index contributed by atoms with van der Waals surface area (Å²) in [4.78, 5) is 60.7. The number of aliphatic carboxylic acids is 2. The fourth-order valence-corrected chi connectivity index (χ4v) is 7.11. The molecule has 6 N–H and O–H groups in total. The third-order valence-corrected chi connectivity index (χ3v) is 9.52. The largest absolute Gasteiger partial charge is 0.481 e. The van der Waals surface area contributed by atoms with Crippen molar-refractivity contribution in [2.24, 2.45) is 28.7 Å². The van der Waals surface area contributed by atoms with Crippen LogP contribution in [-0.2, 0) is 14.4 Å². The smallest absolute Gasteiger partial charge is 0.338 e. The summed E-state index contributed by atoms with van der Waals surface area (Å²) in [6, 6.07) is -0.333. The fourth-order valence-electron chi connectivity index (χ4n) is 7.11. The molecule has 0 saturated carbocycles. The summed E-state index contributed by atoms with van der Waals surface area (Å²) in [6.45, 7) is 11.5. The van der Waals surface area contributed by atoms with Gasteiger partial charge in [-0.25, -0.2) is 4.79 Å². The Labute approximate surface area is 259 Å². The van der Waals surface area contributed by atoms with E-state index in [2.05, 4.69) is 21.9 Å². The first-order valence-corrected chi connectivity index (χ1v) is 15.1. The highest BCUT2D eigenvalue weighted by atomic mass is 16.4. The quantitative estimate of drug-likeness (QED) is 0.232. The minimum atomic E-state index is -1.23. The second-order valence-electron chi connectivity index (χ2n) is 12.0. The number of nitrogens with zero attached hydrogens (tertiary/aromatic N) is 1. The monoisotopic (exact) mass is 614 g/mol. The van der Waals surface area contributed by atoms with Crippen LogP contribution in [0.5, 0.6) is 0 Å². The molecule has 0 aromatic carbocycles. The number of carboxylic acid groups (broad SMARTS) is 3. The molecule has 3 aliphatic rings. The van der Waals surface area contributed by atoms with Gasteiger partial charge in [-0.05, 0) is 62.0 Å². The van der Waals surface area contributed by atoms with Crippen molar-refractivity contribution in [2.75, 3.05) is 0 Å². The van der Waals surface area contributed by atoms with Crippen LogP contribution in [-0.4, -0.2) is 61.2 Å². The predicted molar refractivity (Wildman–Crippen MR) is 171 cm³/mol. The molecule has 2 aromatic heterocycles. The maximum absolute atomic E-state index is 12.7. The van der Waals surface area contributed by atoms with Gasteiger partial charge in [0.1, 0.15) is 6.29 Å². The lowest BCUT2D eigenvalue weighted by atomic mass is 9.82. The van der Waals surface area contributed by atoms with Crippen LogP contribution in [0.15, 0.2) is 23.0 Å². The number of nitrogens with one attached hydrogen (secondary N) is 3. The van der Waals surface area contributed by atoms with Crippen LogP contribution in [0.4, 0.5) is 0 Å². The van der Waals surface area contributed by atoms with Gasteiger partial charge in [-0.3, -0.25) is 14.6 Å². The van der Waals surface area contributed by atoms with Crippen LogP contribution >= 0.6 is 0 Å². The summed E-state index contributed by atoms with van der Waals surface area (Å²) in [7, 11) is 0. The van der Waals surface area contributed by atoms with Gasteiger partial charge in [0.05, 0.1) is 35.0 Å². The van der Waals surface area contributed by atoms with E-state index in [1.807, 2.05) is 39.0 Å². The molecule has 5 heterocycles. The molecule has 5 rings (SSSR count). The van der Waals surface area contributed by atoms with Gasteiger partial charge in [0.15, 0.2) is 0 Å². The lowest BCUT2D eigenvalue weighted by Gasteiger charge is -2.19. The number of aromatic amines is 2. The zero-order valence-corrected chi connectivity index (χ0v) is 25.7. The van der Waals surface area contributed by atoms with E-state index in [9.17, 15) is 34.5 Å². The van der Waals surface area contributed by atoms with Gasteiger partial charge in [-0.15, -0.1) is 0 Å². The molecule has 1 saturated heterocycles. The van der Waals surface area contributed by atoms with Crippen LogP contribution in [0.3, 0.4) is 0 Å². The van der Waals surface area contributed by atoms with Crippen molar-refractivity contribution in [3.63, 3.8) is 0 Å². The Hall–Kier alpha value is -4.93. The van der Waals surface area contributed by atoms with Gasteiger partial charge in [-0.2, -0.15) is 0 Å². The topological polar surface area (TPSA) is 185 Å². The van der Waals surface area contributed by atoms with E-state index >= 15 is 0 Å². The summed E-state index contributed by atoms with van der Waals surface area (Å²) in [5.41, 5.74) is 5.50. The summed E-state index contributed by atoms with van der Waals surface area (Å²) in [5, 5.41) is 34.0. The van der Waals surface area contributed by atoms with E-state index in [1.165, 1.54) is 0 Å². The van der Waals surface area contributed by atoms with Crippen LogP contribution in [0.1, 0.15) is 78.0 Å². The zero-order chi connectivity index (χ0) is 32.7. The number of hydrogen-bond acceptors (Lipinski definition) is 6. The van der Waals surface area contributed by atoms with E-state index in [-0.39, 0.29) is 47.2 Å². The van der Waals surface area contributed by atoms with Crippen molar-refractivity contribution in [3.8, 4) is 0 Å². The van der Waals surface area contributed by atoms with Gasteiger partial charge in [0.2, 0.25) is 0 Å². The molecule has 2 aromatic rings. The highest BCUT2D eigenvalue weighted by molar-refractivity contribution is 6.24. The maximum Gasteiger partial charge on any atom is 0.338 e. The first kappa shape index (κ1) is 31.5. The summed E-state index contributed by atoms with van der Waals surface area (Å²) < 4.78 is 0. The Morgan fingerprint density at radius 3 is 2.38 bits per heavy atom. The molecule has 5 unspecified atom stereocenters. The van der Waals surface area contributed by atoms with Gasteiger partial charge >= 0.3 is 17.9 Å². The van der Waals surface area contributed by atoms with Crippen molar-refractivity contribution in [1.29, 1.82) is 0 Å². The Morgan fingerprint density at radius 2 is 1.78 bits per heavy atom. The van der Waals surface area contributed by atoms with Crippen molar-refractivity contribution < 1.29 is 34.5 Å². The molecule has 11 heteroatoms. The molecule has 45 heavy (non-hydrogen) atoms. The molecule has 3 aliphatic heterocycles. The first-order chi connectivity index (χ1) is 21.4. The summed E-state index contributed by atoms with van der Waals surface area (Å²) >= 11 is 0. The molecule has 0 aliphatic carbocycles. The number of aromatic carboxylic acids is 1.